The van der Waals surface area contributed by atoms with Crippen LogP contribution in [0.3, 0.4) is 0 Å². The molecule has 0 bridgehead atoms. The first kappa shape index (κ1) is 12.6. The van der Waals surface area contributed by atoms with E-state index in [0.29, 0.717) is 25.7 Å². The van der Waals surface area contributed by atoms with Crippen LogP contribution in [0.5, 0.6) is 0 Å². The lowest BCUT2D eigenvalue weighted by atomic mass is 10.1. The van der Waals surface area contributed by atoms with Crippen LogP contribution in [0.1, 0.15) is 32.6 Å². The molecule has 0 aliphatic carbocycles. The third kappa shape index (κ3) is 8.64. The van der Waals surface area contributed by atoms with Crippen LogP contribution >= 0.6 is 0 Å². The topological polar surface area (TPSA) is 71.4 Å². The summed E-state index contributed by atoms with van der Waals surface area (Å²) in [6.07, 6.45) is 3.97. The molecule has 0 radical (unpaired) electrons. The summed E-state index contributed by atoms with van der Waals surface area (Å²) in [4.78, 5) is 31.5. The summed E-state index contributed by atoms with van der Waals surface area (Å²) in [7, 11) is 0. The normalized spacial score (nSPS) is 10.4. The summed E-state index contributed by atoms with van der Waals surface area (Å²) in [6, 6.07) is 0. The average molecular weight is 198 g/mol. The van der Waals surface area contributed by atoms with Gasteiger partial charge in [0.1, 0.15) is 5.78 Å². The van der Waals surface area contributed by atoms with E-state index < -0.39 is 5.97 Å². The Kier molecular flexibility index (Phi) is 6.28. The van der Waals surface area contributed by atoms with Crippen LogP contribution in [0.2, 0.25) is 0 Å². The minimum Gasteiger partial charge on any atom is -0.478 e. The Labute approximate surface area is 82.6 Å². The minimum atomic E-state index is -1.12. The van der Waals surface area contributed by atoms with Crippen molar-refractivity contribution in [1.29, 1.82) is 0 Å². The van der Waals surface area contributed by atoms with Gasteiger partial charge in [0.2, 0.25) is 0 Å². The summed E-state index contributed by atoms with van der Waals surface area (Å²) >= 11 is 0. The number of allylic oxidation sites excluding steroid dienone is 1. The summed E-state index contributed by atoms with van der Waals surface area (Å²) < 4.78 is 0. The molecule has 78 valence electrons. The first-order valence-electron chi connectivity index (χ1n) is 4.45. The molecule has 0 spiro atoms. The highest BCUT2D eigenvalue weighted by atomic mass is 16.4. The maximum atomic E-state index is 11.0. The number of unbranched alkanes of at least 4 members (excludes halogenated alkanes) is 1. The number of carbonyl (C=O) groups excluding carboxylic acids is 2. The van der Waals surface area contributed by atoms with E-state index in [-0.39, 0.29) is 11.6 Å². The van der Waals surface area contributed by atoms with E-state index in [0.717, 1.165) is 12.2 Å². The number of hydrogen-bond donors (Lipinski definition) is 1. The van der Waals surface area contributed by atoms with Crippen LogP contribution in [-0.4, -0.2) is 22.6 Å². The molecule has 0 fully saturated rings. The van der Waals surface area contributed by atoms with Crippen molar-refractivity contribution in [3.05, 3.63) is 12.2 Å². The van der Waals surface area contributed by atoms with Gasteiger partial charge >= 0.3 is 5.97 Å². The van der Waals surface area contributed by atoms with Crippen LogP contribution in [0.4, 0.5) is 0 Å². The average Bonchev–Trinajstić information content (AvgIpc) is 2.08. The Hall–Kier alpha value is -1.45. The third-order valence-electron chi connectivity index (χ3n) is 1.61. The maximum absolute atomic E-state index is 11.0. The molecule has 0 saturated carbocycles. The van der Waals surface area contributed by atoms with Crippen molar-refractivity contribution in [2.75, 3.05) is 0 Å². The lowest BCUT2D eigenvalue weighted by molar-refractivity contribution is -0.131. The molecule has 14 heavy (non-hydrogen) atoms. The van der Waals surface area contributed by atoms with Crippen molar-refractivity contribution in [2.24, 2.45) is 0 Å². The Morgan fingerprint density at radius 1 is 1.07 bits per heavy atom. The molecule has 0 saturated heterocycles. The van der Waals surface area contributed by atoms with Crippen molar-refractivity contribution in [1.82, 2.24) is 0 Å². The molecule has 0 aliphatic heterocycles. The molecule has 0 atom stereocenters. The van der Waals surface area contributed by atoms with Crippen LogP contribution < -0.4 is 0 Å². The molecule has 0 aliphatic rings. The monoisotopic (exact) mass is 198 g/mol. The number of carbonyl (C=O) groups is 3. The molecule has 0 rings (SSSR count). The summed E-state index contributed by atoms with van der Waals surface area (Å²) in [5, 5.41) is 8.22. The summed E-state index contributed by atoms with van der Waals surface area (Å²) in [5.74, 6) is -1.23. The zero-order valence-electron chi connectivity index (χ0n) is 8.16. The van der Waals surface area contributed by atoms with E-state index in [4.69, 9.17) is 5.11 Å². The third-order valence-corrected chi connectivity index (χ3v) is 1.61. The molecule has 0 heterocycles. The van der Waals surface area contributed by atoms with Gasteiger partial charge in [-0.25, -0.2) is 4.79 Å². The van der Waals surface area contributed by atoms with Crippen molar-refractivity contribution in [2.45, 2.75) is 32.6 Å². The summed E-state index contributed by atoms with van der Waals surface area (Å²) in [5.41, 5.74) is 0. The number of hydrogen-bond acceptors (Lipinski definition) is 3. The smallest absolute Gasteiger partial charge is 0.328 e. The first-order chi connectivity index (χ1) is 6.52. The Bertz CT molecular complexity index is 253. The fraction of sp³-hybridized carbons (Fsp3) is 0.500. The Morgan fingerprint density at radius 3 is 2.14 bits per heavy atom. The van der Waals surface area contributed by atoms with Gasteiger partial charge < -0.3 is 9.90 Å². The predicted octanol–water partition coefficient (Wildman–Crippen LogP) is 1.35. The molecule has 4 heteroatoms. The lowest BCUT2D eigenvalue weighted by Gasteiger charge is -1.94. The molecule has 0 aromatic heterocycles. The predicted molar refractivity (Wildman–Crippen MR) is 50.9 cm³/mol. The molecular formula is C10H14O4. The second kappa shape index (κ2) is 7.00. The molecule has 4 nitrogen and oxygen atoms in total. The Balaban J connectivity index is 3.55. The van der Waals surface area contributed by atoms with Crippen molar-refractivity contribution >= 4 is 17.5 Å². The zero-order chi connectivity index (χ0) is 11.0. The van der Waals surface area contributed by atoms with Gasteiger partial charge in [-0.3, -0.25) is 4.79 Å². The van der Waals surface area contributed by atoms with E-state index >= 15 is 0 Å². The number of carboxylic acids is 1. The molecular weight excluding hydrogens is 184 g/mol. The first-order valence-corrected chi connectivity index (χ1v) is 4.45. The number of aliphatic carboxylic acids is 1. The molecule has 0 unspecified atom stereocenters. The van der Waals surface area contributed by atoms with Crippen molar-refractivity contribution in [3.63, 3.8) is 0 Å². The van der Waals surface area contributed by atoms with Crippen LogP contribution in [0.15, 0.2) is 12.2 Å². The highest BCUT2D eigenvalue weighted by Crippen LogP contribution is 2.01. The summed E-state index contributed by atoms with van der Waals surface area (Å²) in [6.45, 7) is 1.51. The molecule has 1 N–H and O–H groups in total. The van der Waals surface area contributed by atoms with E-state index in [2.05, 4.69) is 0 Å². The van der Waals surface area contributed by atoms with E-state index in [9.17, 15) is 14.4 Å². The second-order valence-electron chi connectivity index (χ2n) is 3.05. The van der Waals surface area contributed by atoms with Gasteiger partial charge in [-0.1, -0.05) is 0 Å². The van der Waals surface area contributed by atoms with E-state index in [1.165, 1.54) is 6.92 Å². The number of ketones is 2. The van der Waals surface area contributed by atoms with Gasteiger partial charge in [0.25, 0.3) is 0 Å². The lowest BCUT2D eigenvalue weighted by Crippen LogP contribution is -1.96. The van der Waals surface area contributed by atoms with Gasteiger partial charge in [-0.05, 0) is 25.8 Å². The van der Waals surface area contributed by atoms with Gasteiger partial charge in [-0.2, -0.15) is 0 Å². The van der Waals surface area contributed by atoms with Gasteiger partial charge in [0, 0.05) is 18.9 Å². The number of Topliss-reactive ketones (excluding diaryl/α,β-unsaturated/α-hetero) is 1. The van der Waals surface area contributed by atoms with Crippen LogP contribution in [0, 0.1) is 0 Å². The zero-order valence-corrected chi connectivity index (χ0v) is 8.16. The van der Waals surface area contributed by atoms with Crippen molar-refractivity contribution in [3.8, 4) is 0 Å². The fourth-order valence-corrected chi connectivity index (χ4v) is 0.921. The largest absolute Gasteiger partial charge is 0.478 e. The molecule has 0 aromatic rings. The van der Waals surface area contributed by atoms with Gasteiger partial charge in [0.05, 0.1) is 0 Å². The second-order valence-corrected chi connectivity index (χ2v) is 3.05. The standard InChI is InChI=1S/C10H14O4/c1-8(11)4-2-3-5-9(12)6-7-10(13)14/h6-7H,2-5H2,1H3,(H,13,14)/b7-6+. The SMILES string of the molecule is CC(=O)CCCCC(=O)/C=C/C(=O)O. The van der Waals surface area contributed by atoms with E-state index in [1.807, 2.05) is 0 Å². The van der Waals surface area contributed by atoms with Crippen molar-refractivity contribution < 1.29 is 19.5 Å². The quantitative estimate of drug-likeness (QED) is 0.495. The number of rotatable bonds is 7. The maximum Gasteiger partial charge on any atom is 0.328 e. The molecule has 0 amide bonds. The van der Waals surface area contributed by atoms with Crippen LogP contribution in [0.25, 0.3) is 0 Å². The minimum absolute atomic E-state index is 0.110. The van der Waals surface area contributed by atoms with E-state index in [1.54, 1.807) is 0 Å². The highest BCUT2D eigenvalue weighted by Gasteiger charge is 1.99. The highest BCUT2D eigenvalue weighted by molar-refractivity contribution is 5.95. The fourth-order valence-electron chi connectivity index (χ4n) is 0.921. The van der Waals surface area contributed by atoms with Gasteiger partial charge in [0.15, 0.2) is 5.78 Å². The van der Waals surface area contributed by atoms with Gasteiger partial charge in [-0.15, -0.1) is 0 Å². The Morgan fingerprint density at radius 2 is 1.64 bits per heavy atom. The molecule has 0 aromatic carbocycles. The van der Waals surface area contributed by atoms with Crippen LogP contribution in [-0.2, 0) is 14.4 Å². The number of carboxylic acid groups (broad SMARTS) is 1.